The molecular weight excluding hydrogens is 200 g/mol. The first-order chi connectivity index (χ1) is 7.00. The number of hydrogen-bond acceptors (Lipinski definition) is 2. The van der Waals surface area contributed by atoms with Crippen molar-refractivity contribution < 1.29 is 13.2 Å². The van der Waals surface area contributed by atoms with Gasteiger partial charge in [0.2, 0.25) is 0 Å². The van der Waals surface area contributed by atoms with Crippen LogP contribution in [0.15, 0.2) is 16.5 Å². The van der Waals surface area contributed by atoms with Crippen LogP contribution in [0, 0.1) is 18.6 Å². The Bertz CT molecular complexity index is 517. The maximum absolute atomic E-state index is 13.4. The van der Waals surface area contributed by atoms with Gasteiger partial charge in [-0.05, 0) is 13.8 Å². The minimum atomic E-state index is -0.648. The molecule has 1 heterocycles. The monoisotopic (exact) mass is 211 g/mol. The Morgan fingerprint density at radius 1 is 1.33 bits per heavy atom. The zero-order valence-corrected chi connectivity index (χ0v) is 8.47. The molecule has 0 fully saturated rings. The molecule has 2 rings (SSSR count). The summed E-state index contributed by atoms with van der Waals surface area (Å²) < 4.78 is 31.7. The molecule has 80 valence electrons. The lowest BCUT2D eigenvalue weighted by atomic mass is 10.1. The van der Waals surface area contributed by atoms with Crippen LogP contribution in [0.3, 0.4) is 0 Å². The van der Waals surface area contributed by atoms with Crippen molar-refractivity contribution in [2.75, 3.05) is 0 Å². The van der Waals surface area contributed by atoms with Gasteiger partial charge in [0, 0.05) is 17.7 Å². The van der Waals surface area contributed by atoms with Crippen molar-refractivity contribution in [2.45, 2.75) is 19.9 Å². The fraction of sp³-hybridized carbons (Fsp3) is 0.273. The van der Waals surface area contributed by atoms with Gasteiger partial charge in [-0.2, -0.15) is 0 Å². The molecule has 0 radical (unpaired) electrons. The molecule has 4 heteroatoms. The smallest absolute Gasteiger partial charge is 0.140 e. The standard InChI is InChI=1S/C11H11F2NO/c1-5-10-8(13)3-7(12)4-9(10)15-11(5)6(2)14/h3-4,6H,14H2,1-2H3. The molecule has 15 heavy (non-hydrogen) atoms. The van der Waals surface area contributed by atoms with E-state index in [0.29, 0.717) is 16.7 Å². The number of fused-ring (bicyclic) bond motifs is 1. The molecule has 0 aliphatic heterocycles. The van der Waals surface area contributed by atoms with Gasteiger partial charge in [0.15, 0.2) is 0 Å². The Morgan fingerprint density at radius 3 is 2.60 bits per heavy atom. The van der Waals surface area contributed by atoms with E-state index in [4.69, 9.17) is 10.2 Å². The zero-order valence-electron chi connectivity index (χ0n) is 8.47. The van der Waals surface area contributed by atoms with Gasteiger partial charge in [-0.3, -0.25) is 0 Å². The summed E-state index contributed by atoms with van der Waals surface area (Å²) >= 11 is 0. The largest absolute Gasteiger partial charge is 0.459 e. The number of benzene rings is 1. The predicted octanol–water partition coefficient (Wildman–Crippen LogP) is 3.04. The van der Waals surface area contributed by atoms with Crippen LogP contribution in [0.4, 0.5) is 8.78 Å². The lowest BCUT2D eigenvalue weighted by Gasteiger charge is -2.00. The first kappa shape index (κ1) is 10.1. The third-order valence-electron chi connectivity index (χ3n) is 2.40. The second-order valence-electron chi connectivity index (χ2n) is 3.64. The van der Waals surface area contributed by atoms with Gasteiger partial charge in [-0.15, -0.1) is 0 Å². The molecule has 2 nitrogen and oxygen atoms in total. The van der Waals surface area contributed by atoms with Gasteiger partial charge < -0.3 is 10.2 Å². The van der Waals surface area contributed by atoms with Gasteiger partial charge in [-0.25, -0.2) is 8.78 Å². The Kier molecular flexibility index (Phi) is 2.23. The summed E-state index contributed by atoms with van der Waals surface area (Å²) in [4.78, 5) is 0. The molecular formula is C11H11F2NO. The highest BCUT2D eigenvalue weighted by Crippen LogP contribution is 2.30. The van der Waals surface area contributed by atoms with Crippen molar-refractivity contribution in [1.29, 1.82) is 0 Å². The number of nitrogens with two attached hydrogens (primary N) is 1. The van der Waals surface area contributed by atoms with Crippen LogP contribution >= 0.6 is 0 Å². The molecule has 1 unspecified atom stereocenters. The molecule has 0 amide bonds. The average Bonchev–Trinajstić information content (AvgIpc) is 2.42. The average molecular weight is 211 g/mol. The summed E-state index contributed by atoms with van der Waals surface area (Å²) in [5, 5.41) is 0.309. The molecule has 0 saturated heterocycles. The van der Waals surface area contributed by atoms with Gasteiger partial charge in [0.05, 0.1) is 11.4 Å². The molecule has 2 aromatic rings. The minimum absolute atomic E-state index is 0.206. The van der Waals surface area contributed by atoms with Crippen molar-refractivity contribution in [2.24, 2.45) is 5.73 Å². The summed E-state index contributed by atoms with van der Waals surface area (Å²) in [5.41, 5.74) is 6.50. The van der Waals surface area contributed by atoms with Gasteiger partial charge in [0.1, 0.15) is 23.0 Å². The fourth-order valence-corrected chi connectivity index (χ4v) is 1.75. The molecule has 0 aliphatic rings. The second-order valence-corrected chi connectivity index (χ2v) is 3.64. The Hall–Kier alpha value is -1.42. The summed E-state index contributed by atoms with van der Waals surface area (Å²) in [7, 11) is 0. The van der Waals surface area contributed by atoms with Crippen LogP contribution in [0.2, 0.25) is 0 Å². The van der Waals surface area contributed by atoms with E-state index in [2.05, 4.69) is 0 Å². The fourth-order valence-electron chi connectivity index (χ4n) is 1.75. The second kappa shape index (κ2) is 3.31. The van der Waals surface area contributed by atoms with Crippen LogP contribution in [0.1, 0.15) is 24.3 Å². The van der Waals surface area contributed by atoms with Crippen molar-refractivity contribution in [3.63, 3.8) is 0 Å². The number of furan rings is 1. The zero-order chi connectivity index (χ0) is 11.2. The maximum atomic E-state index is 13.4. The normalized spacial score (nSPS) is 13.4. The van der Waals surface area contributed by atoms with Crippen LogP contribution in [-0.4, -0.2) is 0 Å². The van der Waals surface area contributed by atoms with E-state index < -0.39 is 11.6 Å². The van der Waals surface area contributed by atoms with Crippen LogP contribution < -0.4 is 5.73 Å². The lowest BCUT2D eigenvalue weighted by Crippen LogP contribution is -2.04. The highest BCUT2D eigenvalue weighted by molar-refractivity contribution is 5.82. The number of aryl methyl sites for hydroxylation is 1. The van der Waals surface area contributed by atoms with E-state index >= 15 is 0 Å². The maximum Gasteiger partial charge on any atom is 0.140 e. The van der Waals surface area contributed by atoms with Crippen molar-refractivity contribution >= 4 is 11.0 Å². The van der Waals surface area contributed by atoms with Crippen molar-refractivity contribution in [1.82, 2.24) is 0 Å². The Morgan fingerprint density at radius 2 is 2.00 bits per heavy atom. The van der Waals surface area contributed by atoms with E-state index in [1.54, 1.807) is 13.8 Å². The van der Waals surface area contributed by atoms with E-state index in [1.165, 1.54) is 0 Å². The first-order valence-corrected chi connectivity index (χ1v) is 4.64. The van der Waals surface area contributed by atoms with Crippen molar-refractivity contribution in [3.8, 4) is 0 Å². The minimum Gasteiger partial charge on any atom is -0.459 e. The van der Waals surface area contributed by atoms with Crippen LogP contribution in [0.5, 0.6) is 0 Å². The third kappa shape index (κ3) is 1.51. The topological polar surface area (TPSA) is 39.2 Å². The summed E-state index contributed by atoms with van der Waals surface area (Å²) in [6.07, 6.45) is 0. The molecule has 0 saturated carbocycles. The Balaban J connectivity index is 2.82. The van der Waals surface area contributed by atoms with Gasteiger partial charge >= 0.3 is 0 Å². The molecule has 0 bridgehead atoms. The number of rotatable bonds is 1. The van der Waals surface area contributed by atoms with E-state index in [-0.39, 0.29) is 11.6 Å². The van der Waals surface area contributed by atoms with Crippen LogP contribution in [0.25, 0.3) is 11.0 Å². The molecule has 2 N–H and O–H groups in total. The third-order valence-corrected chi connectivity index (χ3v) is 2.40. The van der Waals surface area contributed by atoms with Crippen molar-refractivity contribution in [3.05, 3.63) is 35.1 Å². The van der Waals surface area contributed by atoms with E-state index in [9.17, 15) is 8.78 Å². The molecule has 0 aliphatic carbocycles. The SMILES string of the molecule is Cc1c(C(C)N)oc2cc(F)cc(F)c12. The van der Waals surface area contributed by atoms with Crippen LogP contribution in [-0.2, 0) is 0 Å². The van der Waals surface area contributed by atoms with E-state index in [0.717, 1.165) is 12.1 Å². The summed E-state index contributed by atoms with van der Waals surface area (Å²) in [6, 6.07) is 1.67. The quantitative estimate of drug-likeness (QED) is 0.787. The molecule has 1 aromatic heterocycles. The summed E-state index contributed by atoms with van der Waals surface area (Å²) in [5.74, 6) is -0.766. The lowest BCUT2D eigenvalue weighted by molar-refractivity contribution is 0.506. The highest BCUT2D eigenvalue weighted by Gasteiger charge is 2.17. The molecule has 1 atom stereocenters. The van der Waals surface area contributed by atoms with Gasteiger partial charge in [0.25, 0.3) is 0 Å². The first-order valence-electron chi connectivity index (χ1n) is 4.64. The van der Waals surface area contributed by atoms with Gasteiger partial charge in [-0.1, -0.05) is 0 Å². The molecule has 1 aromatic carbocycles. The summed E-state index contributed by atoms with van der Waals surface area (Å²) in [6.45, 7) is 3.45. The number of halogens is 2. The highest BCUT2D eigenvalue weighted by atomic mass is 19.1. The molecule has 0 spiro atoms. The van der Waals surface area contributed by atoms with E-state index in [1.807, 2.05) is 0 Å². The predicted molar refractivity (Wildman–Crippen MR) is 53.5 cm³/mol. The number of hydrogen-bond donors (Lipinski definition) is 1. The Labute approximate surface area is 85.7 Å².